The van der Waals surface area contributed by atoms with Crippen LogP contribution in [0.5, 0.6) is 5.88 Å². The molecule has 0 fully saturated rings. The van der Waals surface area contributed by atoms with Crippen LogP contribution in [0.4, 0.5) is 0 Å². The lowest BCUT2D eigenvalue weighted by Crippen LogP contribution is -2.36. The molecule has 126 valence electrons. The third-order valence-corrected chi connectivity index (χ3v) is 4.23. The number of fused-ring (bicyclic) bond motifs is 1. The van der Waals surface area contributed by atoms with Gasteiger partial charge in [0, 0.05) is 26.3 Å². The molecular weight excluding hydrogens is 302 g/mol. The number of likely N-dealkylation sites (N-methyl/N-ethyl adjacent to an activating group) is 1. The van der Waals surface area contributed by atoms with Crippen LogP contribution in [-0.4, -0.2) is 54.0 Å². The maximum Gasteiger partial charge on any atom is 0.259 e. The van der Waals surface area contributed by atoms with Crippen LogP contribution in [0.2, 0.25) is 0 Å². The minimum atomic E-state index is -0.0478. The van der Waals surface area contributed by atoms with Crippen molar-refractivity contribution in [3.05, 3.63) is 59.8 Å². The van der Waals surface area contributed by atoms with Gasteiger partial charge >= 0.3 is 0 Å². The van der Waals surface area contributed by atoms with Crippen molar-refractivity contribution in [2.75, 3.05) is 27.2 Å². The van der Waals surface area contributed by atoms with Gasteiger partial charge in [0.1, 0.15) is 11.7 Å². The maximum absolute atomic E-state index is 12.4. The molecular formula is C19H23N3O2. The predicted molar refractivity (Wildman–Crippen MR) is 93.0 cm³/mol. The van der Waals surface area contributed by atoms with Gasteiger partial charge < -0.3 is 14.5 Å². The van der Waals surface area contributed by atoms with Crippen LogP contribution in [0.1, 0.15) is 22.3 Å². The first-order valence-corrected chi connectivity index (χ1v) is 8.23. The summed E-state index contributed by atoms with van der Waals surface area (Å²) in [6.45, 7) is 2.37. The topological polar surface area (TPSA) is 45.7 Å². The lowest BCUT2D eigenvalue weighted by molar-refractivity contribution is 0.0746. The fourth-order valence-corrected chi connectivity index (χ4v) is 2.93. The Labute approximate surface area is 142 Å². The number of benzene rings is 1. The van der Waals surface area contributed by atoms with Gasteiger partial charge in [-0.1, -0.05) is 30.3 Å². The number of ether oxygens (including phenoxy) is 1. The number of hydrogen-bond acceptors (Lipinski definition) is 4. The van der Waals surface area contributed by atoms with E-state index >= 15 is 0 Å². The van der Waals surface area contributed by atoms with Gasteiger partial charge in [0.05, 0.1) is 6.54 Å². The summed E-state index contributed by atoms with van der Waals surface area (Å²) in [4.78, 5) is 20.6. The van der Waals surface area contributed by atoms with E-state index in [0.29, 0.717) is 18.0 Å². The van der Waals surface area contributed by atoms with Gasteiger partial charge in [-0.3, -0.25) is 4.79 Å². The van der Waals surface area contributed by atoms with Crippen molar-refractivity contribution in [1.82, 2.24) is 14.8 Å². The van der Waals surface area contributed by atoms with E-state index in [1.54, 1.807) is 23.2 Å². The van der Waals surface area contributed by atoms with E-state index in [9.17, 15) is 4.79 Å². The van der Waals surface area contributed by atoms with Crippen molar-refractivity contribution in [3.63, 3.8) is 0 Å². The molecule has 0 spiro atoms. The highest BCUT2D eigenvalue weighted by atomic mass is 16.5. The highest BCUT2D eigenvalue weighted by molar-refractivity contribution is 5.96. The van der Waals surface area contributed by atoms with Crippen molar-refractivity contribution in [2.45, 2.75) is 19.1 Å². The summed E-state index contributed by atoms with van der Waals surface area (Å²) in [5.74, 6) is 0.417. The molecule has 0 bridgehead atoms. The van der Waals surface area contributed by atoms with E-state index in [0.717, 1.165) is 19.5 Å². The van der Waals surface area contributed by atoms with Crippen LogP contribution in [-0.2, 0) is 6.54 Å². The number of aromatic nitrogens is 1. The summed E-state index contributed by atoms with van der Waals surface area (Å²) in [6, 6.07) is 13.9. The monoisotopic (exact) mass is 325 g/mol. The Morgan fingerprint density at radius 1 is 1.25 bits per heavy atom. The lowest BCUT2D eigenvalue weighted by Gasteiger charge is -2.23. The first kappa shape index (κ1) is 16.5. The Morgan fingerprint density at radius 3 is 2.83 bits per heavy atom. The Morgan fingerprint density at radius 2 is 2.04 bits per heavy atom. The second-order valence-electron chi connectivity index (χ2n) is 6.29. The molecule has 1 aliphatic rings. The summed E-state index contributed by atoms with van der Waals surface area (Å²) >= 11 is 0. The molecule has 1 atom stereocenters. The quantitative estimate of drug-likeness (QED) is 0.847. The molecule has 5 heteroatoms. The van der Waals surface area contributed by atoms with E-state index in [1.165, 1.54) is 5.56 Å². The largest absolute Gasteiger partial charge is 0.472 e. The molecule has 2 heterocycles. The molecule has 0 saturated carbocycles. The van der Waals surface area contributed by atoms with Gasteiger partial charge in [0.25, 0.3) is 5.91 Å². The third kappa shape index (κ3) is 3.92. The Kier molecular flexibility index (Phi) is 5.11. The number of pyridine rings is 1. The summed E-state index contributed by atoms with van der Waals surface area (Å²) in [5.41, 5.74) is 1.83. The molecule has 0 aliphatic carbocycles. The van der Waals surface area contributed by atoms with Crippen LogP contribution in [0.3, 0.4) is 0 Å². The fourth-order valence-electron chi connectivity index (χ4n) is 2.93. The van der Waals surface area contributed by atoms with E-state index in [4.69, 9.17) is 4.74 Å². The van der Waals surface area contributed by atoms with Crippen molar-refractivity contribution in [2.24, 2.45) is 0 Å². The van der Waals surface area contributed by atoms with Crippen molar-refractivity contribution in [3.8, 4) is 5.88 Å². The fraction of sp³-hybridized carbons (Fsp3) is 0.368. The molecule has 1 unspecified atom stereocenters. The smallest absolute Gasteiger partial charge is 0.259 e. The van der Waals surface area contributed by atoms with E-state index in [1.807, 2.05) is 13.1 Å². The standard InChI is InChI=1S/C19H23N3O2/c1-21(13-15-7-4-3-5-8-15)12-10-16-14-22(2)19(23)17-9-6-11-20-18(17)24-16/h3-9,11,16H,10,12-14H2,1-2H3. The number of carbonyl (C=O) groups excluding carboxylic acids is 1. The van der Waals surface area contributed by atoms with Gasteiger partial charge in [-0.2, -0.15) is 0 Å². The number of nitrogens with zero attached hydrogens (tertiary/aromatic N) is 3. The van der Waals surface area contributed by atoms with Crippen LogP contribution in [0.15, 0.2) is 48.7 Å². The second-order valence-corrected chi connectivity index (χ2v) is 6.29. The van der Waals surface area contributed by atoms with Crippen LogP contribution < -0.4 is 4.74 Å². The molecule has 1 aromatic carbocycles. The van der Waals surface area contributed by atoms with E-state index in [-0.39, 0.29) is 12.0 Å². The maximum atomic E-state index is 12.4. The molecule has 1 aromatic heterocycles. The Hall–Kier alpha value is -2.40. The molecule has 1 amide bonds. The zero-order chi connectivity index (χ0) is 16.9. The van der Waals surface area contributed by atoms with Crippen molar-refractivity contribution in [1.29, 1.82) is 0 Å². The molecule has 5 nitrogen and oxygen atoms in total. The van der Waals surface area contributed by atoms with Gasteiger partial charge in [0.15, 0.2) is 0 Å². The molecule has 1 aliphatic heterocycles. The Balaban J connectivity index is 1.60. The Bertz CT molecular complexity index is 690. The molecule has 3 rings (SSSR count). The summed E-state index contributed by atoms with van der Waals surface area (Å²) in [6.07, 6.45) is 2.46. The van der Waals surface area contributed by atoms with Crippen molar-refractivity contribution >= 4 is 5.91 Å². The zero-order valence-electron chi connectivity index (χ0n) is 14.2. The first-order chi connectivity index (χ1) is 11.6. The van der Waals surface area contributed by atoms with Crippen molar-refractivity contribution < 1.29 is 9.53 Å². The first-order valence-electron chi connectivity index (χ1n) is 8.23. The third-order valence-electron chi connectivity index (χ3n) is 4.23. The average Bonchev–Trinajstić information content (AvgIpc) is 2.71. The minimum absolute atomic E-state index is 0.0294. The zero-order valence-corrected chi connectivity index (χ0v) is 14.2. The molecule has 0 saturated heterocycles. The lowest BCUT2D eigenvalue weighted by atomic mass is 10.2. The number of amides is 1. The molecule has 2 aromatic rings. The predicted octanol–water partition coefficient (Wildman–Crippen LogP) is 2.44. The van der Waals surface area contributed by atoms with Gasteiger partial charge in [-0.15, -0.1) is 0 Å². The summed E-state index contributed by atoms with van der Waals surface area (Å²) in [7, 11) is 3.92. The van der Waals surface area contributed by atoms with Crippen LogP contribution in [0.25, 0.3) is 0 Å². The summed E-state index contributed by atoms with van der Waals surface area (Å²) in [5, 5.41) is 0. The van der Waals surface area contributed by atoms with Crippen LogP contribution >= 0.6 is 0 Å². The molecule has 0 radical (unpaired) electrons. The highest BCUT2D eigenvalue weighted by Gasteiger charge is 2.27. The second kappa shape index (κ2) is 7.45. The van der Waals surface area contributed by atoms with E-state index in [2.05, 4.69) is 41.2 Å². The summed E-state index contributed by atoms with van der Waals surface area (Å²) < 4.78 is 6.00. The van der Waals surface area contributed by atoms with Gasteiger partial charge in [-0.25, -0.2) is 4.98 Å². The normalized spacial score (nSPS) is 17.4. The average molecular weight is 325 g/mol. The number of rotatable bonds is 5. The minimum Gasteiger partial charge on any atom is -0.472 e. The number of hydrogen-bond donors (Lipinski definition) is 0. The van der Waals surface area contributed by atoms with Gasteiger partial charge in [0.2, 0.25) is 5.88 Å². The SMILES string of the molecule is CN(CCC1CN(C)C(=O)c2cccnc2O1)Cc1ccccc1. The van der Waals surface area contributed by atoms with Crippen LogP contribution in [0, 0.1) is 0 Å². The van der Waals surface area contributed by atoms with Gasteiger partial charge in [-0.05, 0) is 31.2 Å². The molecule has 24 heavy (non-hydrogen) atoms. The molecule has 0 N–H and O–H groups in total. The van der Waals surface area contributed by atoms with E-state index < -0.39 is 0 Å². The number of carbonyl (C=O) groups is 1. The highest BCUT2D eigenvalue weighted by Crippen LogP contribution is 2.22.